The van der Waals surface area contributed by atoms with Crippen molar-refractivity contribution in [2.45, 2.75) is 44.4 Å². The molecular formula is C18H24N2O7. The van der Waals surface area contributed by atoms with Crippen LogP contribution in [0.3, 0.4) is 0 Å². The first kappa shape index (κ1) is 19.2. The highest BCUT2D eigenvalue weighted by atomic mass is 16.7. The van der Waals surface area contributed by atoms with Crippen LogP contribution >= 0.6 is 0 Å². The maximum absolute atomic E-state index is 12.6. The van der Waals surface area contributed by atoms with Gasteiger partial charge in [0.2, 0.25) is 5.91 Å². The van der Waals surface area contributed by atoms with Crippen LogP contribution in [0.2, 0.25) is 0 Å². The molecule has 0 spiro atoms. The van der Waals surface area contributed by atoms with Crippen LogP contribution in [-0.4, -0.2) is 66.8 Å². The predicted octanol–water partition coefficient (Wildman–Crippen LogP) is 1.20. The standard InChI is InChI=1S/C18H24N2O7/c1-18(2)26-9-13(27-18)15-14(19-17(22)23)16(21)20(15)8-10-5-6-11(24-3)7-12(10)25-4/h5-7,13-15,19H,8-9H2,1-4H3,(H,22,23)/t13?,14-,15+/m1/s1. The molecule has 0 radical (unpaired) electrons. The Balaban J connectivity index is 1.82. The summed E-state index contributed by atoms with van der Waals surface area (Å²) in [5.41, 5.74) is 0.781. The van der Waals surface area contributed by atoms with Crippen LogP contribution in [0.5, 0.6) is 11.5 Å². The third kappa shape index (κ3) is 3.79. The summed E-state index contributed by atoms with van der Waals surface area (Å²) in [5.74, 6) is 0.135. The van der Waals surface area contributed by atoms with Crippen LogP contribution < -0.4 is 14.8 Å². The number of carbonyl (C=O) groups excluding carboxylic acids is 1. The van der Waals surface area contributed by atoms with Gasteiger partial charge in [0.1, 0.15) is 23.6 Å². The molecule has 2 aliphatic rings. The topological polar surface area (TPSA) is 107 Å². The largest absolute Gasteiger partial charge is 0.497 e. The maximum Gasteiger partial charge on any atom is 0.405 e. The van der Waals surface area contributed by atoms with Crippen molar-refractivity contribution >= 4 is 12.0 Å². The number of β-lactam (4-membered cyclic amide) rings is 1. The molecule has 3 atom stereocenters. The lowest BCUT2D eigenvalue weighted by molar-refractivity contribution is -0.174. The second-order valence-electron chi connectivity index (χ2n) is 6.93. The molecule has 3 rings (SSSR count). The van der Waals surface area contributed by atoms with E-state index >= 15 is 0 Å². The average Bonchev–Trinajstić information content (AvgIpc) is 2.98. The third-order valence-corrected chi connectivity index (χ3v) is 4.78. The van der Waals surface area contributed by atoms with E-state index in [-0.39, 0.29) is 19.1 Å². The molecule has 2 N–H and O–H groups in total. The van der Waals surface area contributed by atoms with Crippen LogP contribution in [0.1, 0.15) is 19.4 Å². The van der Waals surface area contributed by atoms with Crippen molar-refractivity contribution in [2.24, 2.45) is 0 Å². The zero-order chi connectivity index (χ0) is 19.8. The zero-order valence-corrected chi connectivity index (χ0v) is 15.7. The normalized spacial score (nSPS) is 26.4. The number of likely N-dealkylation sites (tertiary alicyclic amines) is 1. The van der Waals surface area contributed by atoms with Gasteiger partial charge in [-0.05, 0) is 26.0 Å². The molecule has 27 heavy (non-hydrogen) atoms. The number of ether oxygens (including phenoxy) is 4. The Hall–Kier alpha value is -2.52. The van der Waals surface area contributed by atoms with Crippen molar-refractivity contribution in [1.29, 1.82) is 0 Å². The minimum Gasteiger partial charge on any atom is -0.497 e. The molecule has 2 saturated heterocycles. The predicted molar refractivity (Wildman–Crippen MR) is 93.7 cm³/mol. The second kappa shape index (κ2) is 7.24. The minimum absolute atomic E-state index is 0.259. The highest BCUT2D eigenvalue weighted by molar-refractivity contribution is 5.92. The molecule has 2 aliphatic heterocycles. The van der Waals surface area contributed by atoms with Crippen molar-refractivity contribution < 1.29 is 33.6 Å². The molecular weight excluding hydrogens is 356 g/mol. The summed E-state index contributed by atoms with van der Waals surface area (Å²) in [6, 6.07) is 3.99. The number of hydrogen-bond donors (Lipinski definition) is 2. The number of carbonyl (C=O) groups is 2. The molecule has 0 aromatic heterocycles. The molecule has 0 aliphatic carbocycles. The minimum atomic E-state index is -1.25. The third-order valence-electron chi connectivity index (χ3n) is 4.78. The highest BCUT2D eigenvalue weighted by Crippen LogP contribution is 2.35. The summed E-state index contributed by atoms with van der Waals surface area (Å²) in [4.78, 5) is 25.3. The lowest BCUT2D eigenvalue weighted by Crippen LogP contribution is -2.74. The SMILES string of the molecule is COc1ccc(CN2C(=O)[C@H](NC(=O)O)[C@@H]2C2COC(C)(C)O2)c(OC)c1. The fourth-order valence-electron chi connectivity index (χ4n) is 3.50. The van der Waals surface area contributed by atoms with E-state index in [0.29, 0.717) is 11.5 Å². The summed E-state index contributed by atoms with van der Waals surface area (Å²) in [7, 11) is 3.10. The summed E-state index contributed by atoms with van der Waals surface area (Å²) < 4.78 is 22.1. The van der Waals surface area contributed by atoms with Crippen LogP contribution in [0.25, 0.3) is 0 Å². The number of nitrogens with zero attached hydrogens (tertiary/aromatic N) is 1. The van der Waals surface area contributed by atoms with Gasteiger partial charge in [0.25, 0.3) is 0 Å². The van der Waals surface area contributed by atoms with E-state index in [4.69, 9.17) is 24.1 Å². The summed E-state index contributed by atoms with van der Waals surface area (Å²) in [5, 5.41) is 11.3. The van der Waals surface area contributed by atoms with E-state index in [1.54, 1.807) is 45.1 Å². The van der Waals surface area contributed by atoms with Gasteiger partial charge >= 0.3 is 6.09 Å². The van der Waals surface area contributed by atoms with E-state index in [9.17, 15) is 9.59 Å². The number of methoxy groups -OCH3 is 2. The van der Waals surface area contributed by atoms with Crippen molar-refractivity contribution in [3.63, 3.8) is 0 Å². The van der Waals surface area contributed by atoms with Crippen molar-refractivity contribution in [3.05, 3.63) is 23.8 Å². The van der Waals surface area contributed by atoms with E-state index in [1.165, 1.54) is 0 Å². The average molecular weight is 380 g/mol. The van der Waals surface area contributed by atoms with Crippen LogP contribution in [-0.2, 0) is 20.8 Å². The van der Waals surface area contributed by atoms with E-state index in [2.05, 4.69) is 5.32 Å². The van der Waals surface area contributed by atoms with Crippen molar-refractivity contribution in [2.75, 3.05) is 20.8 Å². The van der Waals surface area contributed by atoms with Crippen molar-refractivity contribution in [3.8, 4) is 11.5 Å². The van der Waals surface area contributed by atoms with E-state index in [1.807, 2.05) is 6.07 Å². The van der Waals surface area contributed by atoms with Gasteiger partial charge in [-0.25, -0.2) is 4.79 Å². The van der Waals surface area contributed by atoms with Crippen LogP contribution in [0, 0.1) is 0 Å². The summed E-state index contributed by atoms with van der Waals surface area (Å²) in [6.45, 7) is 4.10. The molecule has 9 heteroatoms. The quantitative estimate of drug-likeness (QED) is 0.714. The van der Waals surface area contributed by atoms with Gasteiger partial charge in [-0.1, -0.05) is 0 Å². The first-order valence-electron chi connectivity index (χ1n) is 8.58. The monoisotopic (exact) mass is 380 g/mol. The Kier molecular flexibility index (Phi) is 5.16. The summed E-state index contributed by atoms with van der Waals surface area (Å²) >= 11 is 0. The van der Waals surface area contributed by atoms with Gasteiger partial charge in [0.15, 0.2) is 5.79 Å². The Morgan fingerprint density at radius 3 is 2.67 bits per heavy atom. The first-order chi connectivity index (χ1) is 12.8. The van der Waals surface area contributed by atoms with Crippen LogP contribution in [0.4, 0.5) is 4.79 Å². The molecule has 0 bridgehead atoms. The van der Waals surface area contributed by atoms with E-state index in [0.717, 1.165) is 5.56 Å². The molecule has 148 valence electrons. The number of nitrogens with one attached hydrogen (secondary N) is 1. The Bertz CT molecular complexity index is 736. The molecule has 1 unspecified atom stereocenters. The number of rotatable bonds is 6. The molecule has 1 aromatic carbocycles. The maximum atomic E-state index is 12.6. The smallest absolute Gasteiger partial charge is 0.405 e. The first-order valence-corrected chi connectivity index (χ1v) is 8.58. The Morgan fingerprint density at radius 2 is 2.11 bits per heavy atom. The Morgan fingerprint density at radius 1 is 1.37 bits per heavy atom. The van der Waals surface area contributed by atoms with Gasteiger partial charge in [0.05, 0.1) is 26.9 Å². The van der Waals surface area contributed by atoms with Gasteiger partial charge in [-0.3, -0.25) is 4.79 Å². The number of carboxylic acid groups (broad SMARTS) is 1. The van der Waals surface area contributed by atoms with Gasteiger partial charge in [-0.15, -0.1) is 0 Å². The number of amides is 2. The van der Waals surface area contributed by atoms with Crippen LogP contribution in [0.15, 0.2) is 18.2 Å². The van der Waals surface area contributed by atoms with Gasteiger partial charge in [0, 0.05) is 18.2 Å². The number of benzene rings is 1. The Labute approximate surface area is 157 Å². The lowest BCUT2D eigenvalue weighted by Gasteiger charge is -2.49. The molecule has 2 heterocycles. The zero-order valence-electron chi connectivity index (χ0n) is 15.7. The molecule has 0 saturated carbocycles. The highest BCUT2D eigenvalue weighted by Gasteiger charge is 2.55. The molecule has 2 fully saturated rings. The lowest BCUT2D eigenvalue weighted by atomic mass is 9.89. The second-order valence-corrected chi connectivity index (χ2v) is 6.93. The van der Waals surface area contributed by atoms with Gasteiger partial charge < -0.3 is 34.3 Å². The van der Waals surface area contributed by atoms with Gasteiger partial charge in [-0.2, -0.15) is 0 Å². The number of hydrogen-bond acceptors (Lipinski definition) is 6. The summed E-state index contributed by atoms with van der Waals surface area (Å²) in [6.07, 6.45) is -1.68. The molecule has 9 nitrogen and oxygen atoms in total. The fraction of sp³-hybridized carbons (Fsp3) is 0.556. The molecule has 1 aromatic rings. The van der Waals surface area contributed by atoms with Crippen molar-refractivity contribution in [1.82, 2.24) is 10.2 Å². The fourth-order valence-corrected chi connectivity index (χ4v) is 3.50. The van der Waals surface area contributed by atoms with E-state index < -0.39 is 30.1 Å². The molecule has 2 amide bonds.